The molecule has 2 rings (SSSR count). The lowest BCUT2D eigenvalue weighted by Crippen LogP contribution is -2.24. The van der Waals surface area contributed by atoms with Crippen molar-refractivity contribution in [3.8, 4) is 0 Å². The molecule has 1 unspecified atom stereocenters. The third-order valence-corrected chi connectivity index (χ3v) is 4.32. The fourth-order valence-electron chi connectivity index (χ4n) is 2.22. The fourth-order valence-corrected chi connectivity index (χ4v) is 3.15. The fraction of sp³-hybridized carbons (Fsp3) is 0.500. The summed E-state index contributed by atoms with van der Waals surface area (Å²) in [5, 5.41) is 15.9. The number of nitrogens with one attached hydrogen (secondary N) is 1. The Morgan fingerprint density at radius 3 is 2.75 bits per heavy atom. The van der Waals surface area contributed by atoms with E-state index in [2.05, 4.69) is 59.8 Å². The van der Waals surface area contributed by atoms with Crippen LogP contribution in [0.25, 0.3) is 0 Å². The van der Waals surface area contributed by atoms with Gasteiger partial charge in [0.2, 0.25) is 5.16 Å². The van der Waals surface area contributed by atoms with E-state index < -0.39 is 0 Å². The molecule has 1 atom stereocenters. The highest BCUT2D eigenvalue weighted by molar-refractivity contribution is 7.99. The van der Waals surface area contributed by atoms with Gasteiger partial charge in [-0.2, -0.15) is 0 Å². The van der Waals surface area contributed by atoms with Crippen molar-refractivity contribution >= 4 is 11.8 Å². The van der Waals surface area contributed by atoms with Crippen molar-refractivity contribution in [1.29, 1.82) is 0 Å². The van der Waals surface area contributed by atoms with E-state index in [9.17, 15) is 0 Å². The molecule has 108 valence electrons. The zero-order chi connectivity index (χ0) is 14.5. The molecule has 1 aromatic carbocycles. The lowest BCUT2D eigenvalue weighted by molar-refractivity contribution is 0.600. The molecule has 0 aliphatic heterocycles. The molecular formula is C14H21N5S. The van der Waals surface area contributed by atoms with Crippen molar-refractivity contribution in [3.05, 3.63) is 34.9 Å². The Labute approximate surface area is 124 Å². The van der Waals surface area contributed by atoms with Gasteiger partial charge in [0, 0.05) is 18.8 Å². The lowest BCUT2D eigenvalue weighted by Gasteiger charge is -2.20. The first-order chi connectivity index (χ1) is 9.61. The SMILES string of the molecule is CCNC(CSc1nnnn1C)c1ccc(C)cc1C. The third kappa shape index (κ3) is 3.58. The van der Waals surface area contributed by atoms with Crippen molar-refractivity contribution in [1.82, 2.24) is 25.5 Å². The summed E-state index contributed by atoms with van der Waals surface area (Å²) in [6.45, 7) is 7.36. The summed E-state index contributed by atoms with van der Waals surface area (Å²) in [7, 11) is 1.86. The number of hydrogen-bond acceptors (Lipinski definition) is 5. The molecule has 2 aromatic rings. The van der Waals surface area contributed by atoms with Crippen LogP contribution in [0.15, 0.2) is 23.4 Å². The van der Waals surface area contributed by atoms with Gasteiger partial charge in [-0.05, 0) is 41.9 Å². The molecule has 20 heavy (non-hydrogen) atoms. The van der Waals surface area contributed by atoms with E-state index in [4.69, 9.17) is 0 Å². The van der Waals surface area contributed by atoms with Crippen molar-refractivity contribution in [3.63, 3.8) is 0 Å². The largest absolute Gasteiger partial charge is 0.309 e. The molecule has 0 saturated carbocycles. The predicted octanol–water partition coefficient (Wildman–Crippen LogP) is 2.27. The molecule has 1 heterocycles. The molecule has 0 saturated heterocycles. The summed E-state index contributed by atoms with van der Waals surface area (Å²) in [4.78, 5) is 0. The van der Waals surface area contributed by atoms with Crippen LogP contribution >= 0.6 is 11.8 Å². The lowest BCUT2D eigenvalue weighted by atomic mass is 10.0. The van der Waals surface area contributed by atoms with E-state index in [1.54, 1.807) is 16.4 Å². The summed E-state index contributed by atoms with van der Waals surface area (Å²) in [5.41, 5.74) is 3.97. The minimum absolute atomic E-state index is 0.308. The van der Waals surface area contributed by atoms with Crippen molar-refractivity contribution in [2.75, 3.05) is 12.3 Å². The maximum absolute atomic E-state index is 4.02. The van der Waals surface area contributed by atoms with E-state index in [1.807, 2.05) is 7.05 Å². The Hall–Kier alpha value is -1.40. The smallest absolute Gasteiger partial charge is 0.209 e. The Bertz CT molecular complexity index is 566. The Morgan fingerprint density at radius 1 is 1.35 bits per heavy atom. The number of aryl methyl sites for hydroxylation is 3. The van der Waals surface area contributed by atoms with Crippen LogP contribution in [-0.4, -0.2) is 32.5 Å². The van der Waals surface area contributed by atoms with Crippen LogP contribution in [0.5, 0.6) is 0 Å². The maximum Gasteiger partial charge on any atom is 0.209 e. The van der Waals surface area contributed by atoms with Gasteiger partial charge in [-0.25, -0.2) is 4.68 Å². The molecule has 5 nitrogen and oxygen atoms in total. The Kier molecular flexibility index (Phi) is 5.14. The van der Waals surface area contributed by atoms with Crippen LogP contribution in [0.1, 0.15) is 29.7 Å². The van der Waals surface area contributed by atoms with Gasteiger partial charge in [0.1, 0.15) is 0 Å². The average molecular weight is 291 g/mol. The van der Waals surface area contributed by atoms with E-state index in [1.165, 1.54) is 16.7 Å². The van der Waals surface area contributed by atoms with Crippen molar-refractivity contribution in [2.24, 2.45) is 7.05 Å². The van der Waals surface area contributed by atoms with Crippen LogP contribution in [0, 0.1) is 13.8 Å². The number of tetrazole rings is 1. The number of thioether (sulfide) groups is 1. The van der Waals surface area contributed by atoms with Gasteiger partial charge < -0.3 is 5.32 Å². The second-order valence-corrected chi connectivity index (χ2v) is 5.85. The molecule has 0 aliphatic carbocycles. The molecule has 0 fully saturated rings. The minimum atomic E-state index is 0.308. The number of rotatable bonds is 6. The normalized spacial score (nSPS) is 12.6. The topological polar surface area (TPSA) is 55.6 Å². The summed E-state index contributed by atoms with van der Waals surface area (Å²) in [5.74, 6) is 0.909. The highest BCUT2D eigenvalue weighted by Crippen LogP contribution is 2.25. The number of aromatic nitrogens is 4. The number of benzene rings is 1. The molecule has 0 amide bonds. The van der Waals surface area contributed by atoms with Crippen LogP contribution in [0.4, 0.5) is 0 Å². The first-order valence-electron chi connectivity index (χ1n) is 6.77. The van der Waals surface area contributed by atoms with E-state index >= 15 is 0 Å². The zero-order valence-electron chi connectivity index (χ0n) is 12.4. The van der Waals surface area contributed by atoms with Gasteiger partial charge in [-0.1, -0.05) is 42.4 Å². The number of nitrogens with zero attached hydrogens (tertiary/aromatic N) is 4. The van der Waals surface area contributed by atoms with Crippen molar-refractivity contribution < 1.29 is 0 Å². The summed E-state index contributed by atoms with van der Waals surface area (Å²) in [6.07, 6.45) is 0. The summed E-state index contributed by atoms with van der Waals surface area (Å²) >= 11 is 1.67. The van der Waals surface area contributed by atoms with E-state index in [0.29, 0.717) is 6.04 Å². The summed E-state index contributed by atoms with van der Waals surface area (Å²) < 4.78 is 1.70. The Balaban J connectivity index is 2.12. The van der Waals surface area contributed by atoms with Crippen LogP contribution in [0.2, 0.25) is 0 Å². The molecule has 6 heteroatoms. The zero-order valence-corrected chi connectivity index (χ0v) is 13.2. The quantitative estimate of drug-likeness (QED) is 0.827. The van der Waals surface area contributed by atoms with Crippen LogP contribution in [-0.2, 0) is 7.05 Å². The second kappa shape index (κ2) is 6.85. The average Bonchev–Trinajstić information content (AvgIpc) is 2.81. The maximum atomic E-state index is 4.02. The Morgan fingerprint density at radius 2 is 2.15 bits per heavy atom. The second-order valence-electron chi connectivity index (χ2n) is 4.87. The molecule has 1 aromatic heterocycles. The molecule has 0 spiro atoms. The predicted molar refractivity (Wildman–Crippen MR) is 81.9 cm³/mol. The van der Waals surface area contributed by atoms with E-state index in [-0.39, 0.29) is 0 Å². The molecular weight excluding hydrogens is 270 g/mol. The first kappa shape index (κ1) is 15.0. The highest BCUT2D eigenvalue weighted by atomic mass is 32.2. The van der Waals surface area contributed by atoms with Gasteiger partial charge >= 0.3 is 0 Å². The van der Waals surface area contributed by atoms with Gasteiger partial charge in [-0.15, -0.1) is 5.10 Å². The third-order valence-electron chi connectivity index (χ3n) is 3.21. The van der Waals surface area contributed by atoms with Gasteiger partial charge in [0.15, 0.2) is 0 Å². The monoisotopic (exact) mass is 291 g/mol. The van der Waals surface area contributed by atoms with Crippen LogP contribution < -0.4 is 5.32 Å². The molecule has 0 bridgehead atoms. The standard InChI is InChI=1S/C14H21N5S/c1-5-15-13(9-20-14-16-17-18-19(14)4)12-7-6-10(2)8-11(12)3/h6-8,13,15H,5,9H2,1-4H3. The summed E-state index contributed by atoms with van der Waals surface area (Å²) in [6, 6.07) is 6.92. The molecule has 1 N–H and O–H groups in total. The first-order valence-corrected chi connectivity index (χ1v) is 7.76. The van der Waals surface area contributed by atoms with Crippen LogP contribution in [0.3, 0.4) is 0 Å². The number of hydrogen-bond donors (Lipinski definition) is 1. The van der Waals surface area contributed by atoms with Gasteiger partial charge in [0.25, 0.3) is 0 Å². The molecule has 0 aliphatic rings. The minimum Gasteiger partial charge on any atom is -0.309 e. The highest BCUT2D eigenvalue weighted by Gasteiger charge is 2.15. The van der Waals surface area contributed by atoms with E-state index in [0.717, 1.165) is 17.5 Å². The van der Waals surface area contributed by atoms with Gasteiger partial charge in [0.05, 0.1) is 0 Å². The van der Waals surface area contributed by atoms with Crippen molar-refractivity contribution in [2.45, 2.75) is 32.0 Å². The molecule has 0 radical (unpaired) electrons. The van der Waals surface area contributed by atoms with Gasteiger partial charge in [-0.3, -0.25) is 0 Å².